The molecule has 2 unspecified atom stereocenters. The first-order chi connectivity index (χ1) is 5.20. The smallest absolute Gasteiger partial charge is 0.0144 e. The number of hydrogen-bond acceptors (Lipinski definition) is 2. The third kappa shape index (κ3) is 6.70. The fourth-order valence-electron chi connectivity index (χ4n) is 0.793. The van der Waals surface area contributed by atoms with Gasteiger partial charge in [-0.1, -0.05) is 27.2 Å². The summed E-state index contributed by atoms with van der Waals surface area (Å²) in [5, 5.41) is 3.95. The average molecular weight is 175 g/mol. The second-order valence-corrected chi connectivity index (χ2v) is 4.69. The molecule has 0 radical (unpaired) electrons. The first kappa shape index (κ1) is 11.3. The van der Waals surface area contributed by atoms with Gasteiger partial charge in [-0.05, 0) is 18.7 Å². The van der Waals surface area contributed by atoms with Gasteiger partial charge in [0.25, 0.3) is 0 Å². The molecule has 0 aromatic carbocycles. The molecule has 0 aromatic rings. The first-order valence-corrected chi connectivity index (χ1v) is 5.51. The van der Waals surface area contributed by atoms with Crippen molar-refractivity contribution in [1.29, 1.82) is 0 Å². The van der Waals surface area contributed by atoms with Gasteiger partial charge in [0.1, 0.15) is 0 Å². The zero-order valence-corrected chi connectivity index (χ0v) is 9.00. The zero-order chi connectivity index (χ0) is 8.69. The number of rotatable bonds is 6. The molecular weight excluding hydrogens is 154 g/mol. The Kier molecular flexibility index (Phi) is 7.18. The van der Waals surface area contributed by atoms with Crippen LogP contribution in [0.4, 0.5) is 0 Å². The molecule has 0 aliphatic carbocycles. The third-order valence-corrected chi connectivity index (χ3v) is 3.35. The van der Waals surface area contributed by atoms with Crippen molar-refractivity contribution >= 4 is 11.8 Å². The van der Waals surface area contributed by atoms with Crippen LogP contribution in [-0.2, 0) is 0 Å². The van der Waals surface area contributed by atoms with Crippen molar-refractivity contribution < 1.29 is 0 Å². The van der Waals surface area contributed by atoms with Crippen molar-refractivity contribution in [2.45, 2.75) is 32.4 Å². The van der Waals surface area contributed by atoms with E-state index in [1.807, 2.05) is 7.05 Å². The van der Waals surface area contributed by atoms with Gasteiger partial charge in [0, 0.05) is 11.8 Å². The minimum atomic E-state index is 0.758. The van der Waals surface area contributed by atoms with Crippen LogP contribution in [0.2, 0.25) is 0 Å². The largest absolute Gasteiger partial charge is 0.319 e. The molecule has 0 aromatic heterocycles. The molecule has 0 spiro atoms. The molecule has 1 nitrogen and oxygen atoms in total. The van der Waals surface area contributed by atoms with Gasteiger partial charge in [-0.2, -0.15) is 11.8 Å². The van der Waals surface area contributed by atoms with Crippen LogP contribution in [0.25, 0.3) is 0 Å². The highest BCUT2D eigenvalue weighted by Crippen LogP contribution is 2.15. The van der Waals surface area contributed by atoms with Crippen molar-refractivity contribution in [3.63, 3.8) is 0 Å². The minimum absolute atomic E-state index is 0.758. The van der Waals surface area contributed by atoms with E-state index in [2.05, 4.69) is 37.8 Å². The summed E-state index contributed by atoms with van der Waals surface area (Å²) in [6.07, 6.45) is 1.30. The van der Waals surface area contributed by atoms with Gasteiger partial charge in [0.15, 0.2) is 0 Å². The van der Waals surface area contributed by atoms with E-state index in [0.29, 0.717) is 0 Å². The Morgan fingerprint density at radius 3 is 2.45 bits per heavy atom. The summed E-state index contributed by atoms with van der Waals surface area (Å²) in [4.78, 5) is 0. The van der Waals surface area contributed by atoms with E-state index in [4.69, 9.17) is 0 Å². The van der Waals surface area contributed by atoms with E-state index >= 15 is 0 Å². The Hall–Kier alpha value is 0.310. The summed E-state index contributed by atoms with van der Waals surface area (Å²) < 4.78 is 0. The summed E-state index contributed by atoms with van der Waals surface area (Å²) >= 11 is 2.07. The van der Waals surface area contributed by atoms with E-state index in [9.17, 15) is 0 Å². The van der Waals surface area contributed by atoms with Gasteiger partial charge >= 0.3 is 0 Å². The summed E-state index contributed by atoms with van der Waals surface area (Å²) in [7, 11) is 2.01. The fraction of sp³-hybridized carbons (Fsp3) is 1.00. The minimum Gasteiger partial charge on any atom is -0.319 e. The van der Waals surface area contributed by atoms with Crippen LogP contribution in [0.15, 0.2) is 0 Å². The molecule has 0 aliphatic rings. The highest BCUT2D eigenvalue weighted by atomic mass is 32.2. The van der Waals surface area contributed by atoms with Crippen molar-refractivity contribution in [3.8, 4) is 0 Å². The number of hydrogen-bond donors (Lipinski definition) is 1. The van der Waals surface area contributed by atoms with Gasteiger partial charge in [0.05, 0.1) is 0 Å². The molecule has 0 rings (SSSR count). The molecule has 0 amide bonds. The quantitative estimate of drug-likeness (QED) is 0.665. The predicted molar refractivity (Wildman–Crippen MR) is 55.3 cm³/mol. The molecule has 0 fully saturated rings. The summed E-state index contributed by atoms with van der Waals surface area (Å²) in [6.45, 7) is 7.98. The Morgan fingerprint density at radius 2 is 2.00 bits per heavy atom. The van der Waals surface area contributed by atoms with Crippen molar-refractivity contribution in [2.24, 2.45) is 5.92 Å². The summed E-state index contributed by atoms with van der Waals surface area (Å²) in [6, 6.07) is 0. The van der Waals surface area contributed by atoms with Crippen LogP contribution in [0, 0.1) is 5.92 Å². The zero-order valence-electron chi connectivity index (χ0n) is 8.18. The maximum Gasteiger partial charge on any atom is 0.0144 e. The van der Waals surface area contributed by atoms with Crippen molar-refractivity contribution in [1.82, 2.24) is 5.32 Å². The second-order valence-electron chi connectivity index (χ2n) is 3.22. The second kappa shape index (κ2) is 6.99. The average Bonchev–Trinajstić information content (AvgIpc) is 2.01. The maximum atomic E-state index is 3.19. The molecule has 2 heteroatoms. The first-order valence-electron chi connectivity index (χ1n) is 4.46. The monoisotopic (exact) mass is 175 g/mol. The molecule has 0 aliphatic heterocycles. The third-order valence-electron chi connectivity index (χ3n) is 1.85. The SMILES string of the molecule is CCC(C)CSC(C)CNC. The Bertz CT molecular complexity index is 85.6. The Morgan fingerprint density at radius 1 is 1.36 bits per heavy atom. The predicted octanol–water partition coefficient (Wildman–Crippen LogP) is 2.37. The van der Waals surface area contributed by atoms with E-state index in [1.165, 1.54) is 12.2 Å². The molecule has 0 heterocycles. The topological polar surface area (TPSA) is 12.0 Å². The normalized spacial score (nSPS) is 16.4. The molecule has 68 valence electrons. The maximum absolute atomic E-state index is 3.19. The van der Waals surface area contributed by atoms with Crippen LogP contribution in [0.1, 0.15) is 27.2 Å². The van der Waals surface area contributed by atoms with E-state index < -0.39 is 0 Å². The van der Waals surface area contributed by atoms with Crippen LogP contribution in [0.3, 0.4) is 0 Å². The summed E-state index contributed by atoms with van der Waals surface area (Å²) in [5.41, 5.74) is 0. The Balaban J connectivity index is 3.22. The van der Waals surface area contributed by atoms with E-state index in [0.717, 1.165) is 17.7 Å². The fourth-order valence-corrected chi connectivity index (χ4v) is 1.97. The van der Waals surface area contributed by atoms with Crippen molar-refractivity contribution in [2.75, 3.05) is 19.3 Å². The molecule has 1 N–H and O–H groups in total. The highest BCUT2D eigenvalue weighted by Gasteiger charge is 2.03. The lowest BCUT2D eigenvalue weighted by atomic mass is 10.2. The molecule has 11 heavy (non-hydrogen) atoms. The molecule has 2 atom stereocenters. The standard InChI is InChI=1S/C9H21NS/c1-5-8(2)7-11-9(3)6-10-4/h8-10H,5-7H2,1-4H3. The molecule has 0 bridgehead atoms. The lowest BCUT2D eigenvalue weighted by Gasteiger charge is -2.13. The van der Waals surface area contributed by atoms with Gasteiger partial charge in [-0.25, -0.2) is 0 Å². The van der Waals surface area contributed by atoms with Crippen LogP contribution in [0.5, 0.6) is 0 Å². The Labute approximate surface area is 75.3 Å². The molecule has 0 saturated carbocycles. The van der Waals surface area contributed by atoms with E-state index in [1.54, 1.807) is 0 Å². The van der Waals surface area contributed by atoms with Crippen molar-refractivity contribution in [3.05, 3.63) is 0 Å². The van der Waals surface area contributed by atoms with Crippen LogP contribution in [-0.4, -0.2) is 24.6 Å². The van der Waals surface area contributed by atoms with Gasteiger partial charge in [0.2, 0.25) is 0 Å². The number of thioether (sulfide) groups is 1. The van der Waals surface area contributed by atoms with Gasteiger partial charge in [-0.3, -0.25) is 0 Å². The number of nitrogens with one attached hydrogen (secondary N) is 1. The van der Waals surface area contributed by atoms with E-state index in [-0.39, 0.29) is 0 Å². The van der Waals surface area contributed by atoms with Gasteiger partial charge in [-0.15, -0.1) is 0 Å². The molecule has 0 saturated heterocycles. The summed E-state index contributed by atoms with van der Waals surface area (Å²) in [5.74, 6) is 2.18. The lowest BCUT2D eigenvalue weighted by molar-refractivity contribution is 0.634. The van der Waals surface area contributed by atoms with Crippen LogP contribution < -0.4 is 5.32 Å². The van der Waals surface area contributed by atoms with Crippen LogP contribution >= 0.6 is 11.8 Å². The highest BCUT2D eigenvalue weighted by molar-refractivity contribution is 7.99. The lowest BCUT2D eigenvalue weighted by Crippen LogP contribution is -2.19. The van der Waals surface area contributed by atoms with Gasteiger partial charge < -0.3 is 5.32 Å². The molecular formula is C9H21NS.